The Kier molecular flexibility index (Phi) is 6.32. The van der Waals surface area contributed by atoms with Crippen molar-refractivity contribution in [2.75, 3.05) is 37.5 Å². The summed E-state index contributed by atoms with van der Waals surface area (Å²) in [7, 11) is 3.96. The SMILES string of the molecule is Cc1cc(N(C)C)ccc1NC(=O)NCCOc1ccc(Cl)cc1. The average molecular weight is 348 g/mol. The minimum atomic E-state index is -0.254. The fourth-order valence-electron chi connectivity index (χ4n) is 2.10. The van der Waals surface area contributed by atoms with Crippen LogP contribution in [0.3, 0.4) is 0 Å². The van der Waals surface area contributed by atoms with E-state index in [0.717, 1.165) is 22.7 Å². The zero-order valence-corrected chi connectivity index (χ0v) is 14.9. The summed E-state index contributed by atoms with van der Waals surface area (Å²) >= 11 is 5.81. The van der Waals surface area contributed by atoms with Gasteiger partial charge in [-0.3, -0.25) is 0 Å². The first-order chi connectivity index (χ1) is 11.5. The highest BCUT2D eigenvalue weighted by Gasteiger charge is 2.05. The van der Waals surface area contributed by atoms with E-state index >= 15 is 0 Å². The van der Waals surface area contributed by atoms with Crippen LogP contribution in [0, 0.1) is 6.92 Å². The second-order valence-electron chi connectivity index (χ2n) is 5.58. The summed E-state index contributed by atoms with van der Waals surface area (Å²) in [6, 6.07) is 12.7. The first-order valence-electron chi connectivity index (χ1n) is 7.67. The topological polar surface area (TPSA) is 53.6 Å². The summed E-state index contributed by atoms with van der Waals surface area (Å²) in [4.78, 5) is 14.0. The predicted molar refractivity (Wildman–Crippen MR) is 99.5 cm³/mol. The number of benzene rings is 2. The summed E-state index contributed by atoms with van der Waals surface area (Å²) < 4.78 is 5.52. The largest absolute Gasteiger partial charge is 0.492 e. The minimum Gasteiger partial charge on any atom is -0.492 e. The molecule has 0 heterocycles. The van der Waals surface area contributed by atoms with Crippen LogP contribution in [0.1, 0.15) is 5.56 Å². The third-order valence-corrected chi connectivity index (χ3v) is 3.70. The lowest BCUT2D eigenvalue weighted by atomic mass is 10.1. The molecule has 0 bridgehead atoms. The highest BCUT2D eigenvalue weighted by Crippen LogP contribution is 2.21. The van der Waals surface area contributed by atoms with Crippen molar-refractivity contribution < 1.29 is 9.53 Å². The van der Waals surface area contributed by atoms with Gasteiger partial charge in [0.2, 0.25) is 0 Å². The molecular weight excluding hydrogens is 326 g/mol. The van der Waals surface area contributed by atoms with Gasteiger partial charge in [0, 0.05) is 30.5 Å². The van der Waals surface area contributed by atoms with Crippen molar-refractivity contribution in [2.24, 2.45) is 0 Å². The van der Waals surface area contributed by atoms with Gasteiger partial charge in [0.05, 0.1) is 6.54 Å². The molecule has 6 heteroatoms. The summed E-state index contributed by atoms with van der Waals surface area (Å²) in [5, 5.41) is 6.27. The fraction of sp³-hybridized carbons (Fsp3) is 0.278. The first kappa shape index (κ1) is 17.9. The van der Waals surface area contributed by atoms with Gasteiger partial charge in [-0.15, -0.1) is 0 Å². The molecular formula is C18H22ClN3O2. The third-order valence-electron chi connectivity index (χ3n) is 3.44. The van der Waals surface area contributed by atoms with Crippen LogP contribution in [-0.4, -0.2) is 33.3 Å². The van der Waals surface area contributed by atoms with E-state index in [1.807, 2.05) is 44.1 Å². The molecule has 5 nitrogen and oxygen atoms in total. The number of urea groups is 1. The molecule has 0 aliphatic rings. The van der Waals surface area contributed by atoms with Crippen molar-refractivity contribution in [3.8, 4) is 5.75 Å². The van der Waals surface area contributed by atoms with E-state index in [4.69, 9.17) is 16.3 Å². The number of halogens is 1. The quantitative estimate of drug-likeness (QED) is 0.779. The number of amides is 2. The molecule has 0 saturated carbocycles. The van der Waals surface area contributed by atoms with Gasteiger partial charge in [-0.05, 0) is 55.0 Å². The van der Waals surface area contributed by atoms with E-state index in [9.17, 15) is 4.79 Å². The fourth-order valence-corrected chi connectivity index (χ4v) is 2.22. The Morgan fingerprint density at radius 2 is 1.88 bits per heavy atom. The molecule has 2 aromatic carbocycles. The van der Waals surface area contributed by atoms with Gasteiger partial charge in [0.1, 0.15) is 12.4 Å². The highest BCUT2D eigenvalue weighted by atomic mass is 35.5. The Balaban J connectivity index is 1.76. The second-order valence-corrected chi connectivity index (χ2v) is 6.01. The van der Waals surface area contributed by atoms with E-state index in [1.54, 1.807) is 24.3 Å². The van der Waals surface area contributed by atoms with Crippen LogP contribution in [-0.2, 0) is 0 Å². The maximum absolute atomic E-state index is 11.9. The van der Waals surface area contributed by atoms with Gasteiger partial charge in [0.15, 0.2) is 0 Å². The molecule has 2 rings (SSSR count). The van der Waals surface area contributed by atoms with Crippen molar-refractivity contribution >= 4 is 29.0 Å². The lowest BCUT2D eigenvalue weighted by molar-refractivity contribution is 0.247. The van der Waals surface area contributed by atoms with Gasteiger partial charge >= 0.3 is 6.03 Å². The molecule has 2 N–H and O–H groups in total. The third kappa shape index (κ3) is 5.35. The van der Waals surface area contributed by atoms with E-state index in [1.165, 1.54) is 0 Å². The molecule has 0 fully saturated rings. The highest BCUT2D eigenvalue weighted by molar-refractivity contribution is 6.30. The Bertz CT molecular complexity index is 687. The number of anilines is 2. The zero-order chi connectivity index (χ0) is 17.5. The smallest absolute Gasteiger partial charge is 0.319 e. The Labute approximate surface area is 147 Å². The molecule has 2 amide bonds. The minimum absolute atomic E-state index is 0.254. The molecule has 0 aliphatic heterocycles. The van der Waals surface area contributed by atoms with Crippen LogP contribution >= 0.6 is 11.6 Å². The van der Waals surface area contributed by atoms with Crippen molar-refractivity contribution in [2.45, 2.75) is 6.92 Å². The molecule has 128 valence electrons. The first-order valence-corrected chi connectivity index (χ1v) is 8.04. The zero-order valence-electron chi connectivity index (χ0n) is 14.1. The maximum atomic E-state index is 11.9. The molecule has 2 aromatic rings. The number of hydrogen-bond acceptors (Lipinski definition) is 3. The number of rotatable bonds is 6. The number of aryl methyl sites for hydroxylation is 1. The number of carbonyl (C=O) groups excluding carboxylic acids is 1. The molecule has 0 spiro atoms. The summed E-state index contributed by atoms with van der Waals surface area (Å²) in [6.45, 7) is 2.75. The van der Waals surface area contributed by atoms with Crippen molar-refractivity contribution in [1.29, 1.82) is 0 Å². The van der Waals surface area contributed by atoms with Crippen LogP contribution in [0.5, 0.6) is 5.75 Å². The van der Waals surface area contributed by atoms with Crippen LogP contribution in [0.15, 0.2) is 42.5 Å². The van der Waals surface area contributed by atoms with Crippen molar-refractivity contribution in [3.05, 3.63) is 53.1 Å². The number of nitrogens with one attached hydrogen (secondary N) is 2. The summed E-state index contributed by atoms with van der Waals surface area (Å²) in [6.07, 6.45) is 0. The van der Waals surface area contributed by atoms with Gasteiger partial charge in [-0.25, -0.2) is 4.79 Å². The normalized spacial score (nSPS) is 10.2. The van der Waals surface area contributed by atoms with E-state index in [2.05, 4.69) is 10.6 Å². The summed E-state index contributed by atoms with van der Waals surface area (Å²) in [5.74, 6) is 0.719. The van der Waals surface area contributed by atoms with Crippen LogP contribution < -0.4 is 20.3 Å². The van der Waals surface area contributed by atoms with Crippen molar-refractivity contribution in [3.63, 3.8) is 0 Å². The van der Waals surface area contributed by atoms with Crippen LogP contribution in [0.2, 0.25) is 5.02 Å². The van der Waals surface area contributed by atoms with Crippen LogP contribution in [0.4, 0.5) is 16.2 Å². The predicted octanol–water partition coefficient (Wildman–Crippen LogP) is 3.91. The van der Waals surface area contributed by atoms with E-state index in [-0.39, 0.29) is 6.03 Å². The monoisotopic (exact) mass is 347 g/mol. The standard InChI is InChI=1S/C18H22ClN3O2/c1-13-12-15(22(2)3)6-9-17(13)21-18(23)20-10-11-24-16-7-4-14(19)5-8-16/h4-9,12H,10-11H2,1-3H3,(H2,20,21,23). The van der Waals surface area contributed by atoms with Gasteiger partial charge in [-0.2, -0.15) is 0 Å². The summed E-state index contributed by atoms with van der Waals surface area (Å²) in [5.41, 5.74) is 2.89. The molecule has 0 unspecified atom stereocenters. The number of ether oxygens (including phenoxy) is 1. The van der Waals surface area contributed by atoms with E-state index < -0.39 is 0 Å². The molecule has 0 aliphatic carbocycles. The lowest BCUT2D eigenvalue weighted by Crippen LogP contribution is -2.32. The Morgan fingerprint density at radius 3 is 2.50 bits per heavy atom. The average Bonchev–Trinajstić information content (AvgIpc) is 2.55. The second kappa shape index (κ2) is 8.45. The lowest BCUT2D eigenvalue weighted by Gasteiger charge is -2.16. The van der Waals surface area contributed by atoms with Gasteiger partial charge in [-0.1, -0.05) is 11.6 Å². The maximum Gasteiger partial charge on any atom is 0.319 e. The molecule has 0 saturated heterocycles. The van der Waals surface area contributed by atoms with Crippen LogP contribution in [0.25, 0.3) is 0 Å². The molecule has 0 atom stereocenters. The Morgan fingerprint density at radius 1 is 1.17 bits per heavy atom. The van der Waals surface area contributed by atoms with Gasteiger partial charge < -0.3 is 20.3 Å². The van der Waals surface area contributed by atoms with Gasteiger partial charge in [0.25, 0.3) is 0 Å². The van der Waals surface area contributed by atoms with Crippen molar-refractivity contribution in [1.82, 2.24) is 5.32 Å². The number of nitrogens with zero attached hydrogens (tertiary/aromatic N) is 1. The number of hydrogen-bond donors (Lipinski definition) is 2. The number of carbonyl (C=O) groups is 1. The Hall–Kier alpha value is -2.40. The molecule has 24 heavy (non-hydrogen) atoms. The van der Waals surface area contributed by atoms with E-state index in [0.29, 0.717) is 18.2 Å². The molecule has 0 aromatic heterocycles. The molecule has 0 radical (unpaired) electrons.